The van der Waals surface area contributed by atoms with E-state index in [1.807, 2.05) is 0 Å². The molecule has 6 nitrogen and oxygen atoms in total. The van der Waals surface area contributed by atoms with Crippen molar-refractivity contribution in [3.8, 4) is 0 Å². The number of carboxylic acid groups (broad SMARTS) is 1. The first-order chi connectivity index (χ1) is 9.08. The zero-order chi connectivity index (χ0) is 14.1. The molecule has 1 saturated carbocycles. The molecule has 0 aliphatic heterocycles. The van der Waals surface area contributed by atoms with E-state index in [1.54, 1.807) is 0 Å². The number of unbranched alkanes of at least 4 members (excludes halogenated alkanes) is 2. The highest BCUT2D eigenvalue weighted by molar-refractivity contribution is 5.74. The molecule has 6 heteroatoms. The van der Waals surface area contributed by atoms with E-state index in [1.165, 1.54) is 0 Å². The number of nitrogens with one attached hydrogen (secondary N) is 2. The number of aliphatic hydroxyl groups is 1. The Labute approximate surface area is 113 Å². The lowest BCUT2D eigenvalue weighted by molar-refractivity contribution is -0.137. The number of carbonyl (C=O) groups is 2. The lowest BCUT2D eigenvalue weighted by Crippen LogP contribution is -2.44. The second-order valence-corrected chi connectivity index (χ2v) is 5.11. The Bertz CT molecular complexity index is 288. The van der Waals surface area contributed by atoms with Gasteiger partial charge in [0.15, 0.2) is 0 Å². The predicted molar refractivity (Wildman–Crippen MR) is 70.9 cm³/mol. The van der Waals surface area contributed by atoms with Crippen LogP contribution in [-0.2, 0) is 4.79 Å². The minimum absolute atomic E-state index is 0.162. The Morgan fingerprint density at radius 3 is 2.37 bits per heavy atom. The lowest BCUT2D eigenvalue weighted by atomic mass is 9.93. The van der Waals surface area contributed by atoms with Gasteiger partial charge in [-0.25, -0.2) is 4.79 Å². The second kappa shape index (κ2) is 8.74. The summed E-state index contributed by atoms with van der Waals surface area (Å²) in [6.45, 7) is 0.570. The van der Waals surface area contributed by atoms with Crippen molar-refractivity contribution in [3.63, 3.8) is 0 Å². The van der Waals surface area contributed by atoms with E-state index >= 15 is 0 Å². The lowest BCUT2D eigenvalue weighted by Gasteiger charge is -2.26. The minimum Gasteiger partial charge on any atom is -0.481 e. The molecule has 0 radical (unpaired) electrons. The highest BCUT2D eigenvalue weighted by Gasteiger charge is 2.20. The molecule has 0 saturated heterocycles. The maximum atomic E-state index is 11.6. The van der Waals surface area contributed by atoms with Crippen LogP contribution in [0.5, 0.6) is 0 Å². The van der Waals surface area contributed by atoms with Gasteiger partial charge in [0.25, 0.3) is 0 Å². The zero-order valence-corrected chi connectivity index (χ0v) is 11.2. The van der Waals surface area contributed by atoms with E-state index in [-0.39, 0.29) is 24.6 Å². The standard InChI is InChI=1S/C13H24N2O4/c16-11-7-5-10(6-8-11)15-13(19)14-9-3-1-2-4-12(17)18/h10-11,16H,1-9H2,(H,17,18)(H2,14,15,19). The van der Waals surface area contributed by atoms with Gasteiger partial charge >= 0.3 is 12.0 Å². The van der Waals surface area contributed by atoms with E-state index in [2.05, 4.69) is 10.6 Å². The quantitative estimate of drug-likeness (QED) is 0.524. The molecule has 0 heterocycles. The van der Waals surface area contributed by atoms with Gasteiger partial charge in [-0.1, -0.05) is 6.42 Å². The first kappa shape index (κ1) is 15.8. The van der Waals surface area contributed by atoms with Crippen molar-refractivity contribution in [2.24, 2.45) is 0 Å². The van der Waals surface area contributed by atoms with Crippen LogP contribution in [0.1, 0.15) is 51.4 Å². The number of carbonyl (C=O) groups excluding carboxylic acids is 1. The van der Waals surface area contributed by atoms with Gasteiger partial charge in [0, 0.05) is 19.0 Å². The van der Waals surface area contributed by atoms with Crippen LogP contribution >= 0.6 is 0 Å². The summed E-state index contributed by atoms with van der Waals surface area (Å²) in [5.41, 5.74) is 0. The van der Waals surface area contributed by atoms with E-state index in [4.69, 9.17) is 5.11 Å². The summed E-state index contributed by atoms with van der Waals surface area (Å²) in [5, 5.41) is 23.5. The summed E-state index contributed by atoms with van der Waals surface area (Å²) in [6.07, 6.45) is 5.39. The molecule has 2 amide bonds. The summed E-state index contributed by atoms with van der Waals surface area (Å²) in [6, 6.07) is -0.00460. The Kier molecular flexibility index (Phi) is 7.25. The minimum atomic E-state index is -0.773. The number of hydrogen-bond acceptors (Lipinski definition) is 3. The molecular weight excluding hydrogens is 248 g/mol. The van der Waals surface area contributed by atoms with Gasteiger partial charge in [0.1, 0.15) is 0 Å². The van der Waals surface area contributed by atoms with Gasteiger partial charge in [-0.3, -0.25) is 4.79 Å². The zero-order valence-electron chi connectivity index (χ0n) is 11.2. The molecule has 19 heavy (non-hydrogen) atoms. The largest absolute Gasteiger partial charge is 0.481 e. The Hall–Kier alpha value is -1.30. The van der Waals surface area contributed by atoms with Gasteiger partial charge < -0.3 is 20.8 Å². The number of hydrogen-bond donors (Lipinski definition) is 4. The number of rotatable bonds is 7. The number of amides is 2. The predicted octanol–water partition coefficient (Wildman–Crippen LogP) is 1.23. The molecule has 0 unspecified atom stereocenters. The number of urea groups is 1. The molecule has 0 atom stereocenters. The van der Waals surface area contributed by atoms with Crippen LogP contribution in [-0.4, -0.2) is 40.9 Å². The summed E-state index contributed by atoms with van der Waals surface area (Å²) >= 11 is 0. The molecule has 1 aliphatic rings. The third kappa shape index (κ3) is 7.66. The van der Waals surface area contributed by atoms with Crippen LogP contribution in [0.25, 0.3) is 0 Å². The number of aliphatic carboxylic acids is 1. The second-order valence-electron chi connectivity index (χ2n) is 5.11. The van der Waals surface area contributed by atoms with Crippen molar-refractivity contribution < 1.29 is 19.8 Å². The van der Waals surface area contributed by atoms with E-state index in [9.17, 15) is 14.7 Å². The summed E-state index contributed by atoms with van der Waals surface area (Å²) in [4.78, 5) is 21.8. The molecule has 0 aromatic heterocycles. The molecular formula is C13H24N2O4. The fraction of sp³-hybridized carbons (Fsp3) is 0.846. The maximum absolute atomic E-state index is 11.6. The fourth-order valence-electron chi connectivity index (χ4n) is 2.24. The molecule has 4 N–H and O–H groups in total. The number of aliphatic hydroxyl groups excluding tert-OH is 1. The smallest absolute Gasteiger partial charge is 0.315 e. The van der Waals surface area contributed by atoms with Crippen molar-refractivity contribution in [3.05, 3.63) is 0 Å². The van der Waals surface area contributed by atoms with Crippen LogP contribution < -0.4 is 10.6 Å². The molecule has 0 aromatic rings. The van der Waals surface area contributed by atoms with Crippen molar-refractivity contribution >= 4 is 12.0 Å². The highest BCUT2D eigenvalue weighted by Crippen LogP contribution is 2.17. The summed E-state index contributed by atoms with van der Waals surface area (Å²) < 4.78 is 0. The number of carboxylic acids is 1. The molecule has 0 spiro atoms. The van der Waals surface area contributed by atoms with Crippen molar-refractivity contribution in [1.82, 2.24) is 10.6 Å². The third-order valence-corrected chi connectivity index (χ3v) is 3.38. The van der Waals surface area contributed by atoms with Crippen LogP contribution in [0.15, 0.2) is 0 Å². The molecule has 1 aliphatic carbocycles. The summed E-state index contributed by atoms with van der Waals surface area (Å²) in [5.74, 6) is -0.773. The van der Waals surface area contributed by atoms with Crippen LogP contribution in [0, 0.1) is 0 Å². The Balaban J connectivity index is 1.97. The highest BCUT2D eigenvalue weighted by atomic mass is 16.4. The first-order valence-corrected chi connectivity index (χ1v) is 7.02. The van der Waals surface area contributed by atoms with E-state index in [0.29, 0.717) is 13.0 Å². The van der Waals surface area contributed by atoms with Gasteiger partial charge in [-0.15, -0.1) is 0 Å². The Morgan fingerprint density at radius 2 is 1.74 bits per heavy atom. The van der Waals surface area contributed by atoms with Crippen molar-refractivity contribution in [1.29, 1.82) is 0 Å². The van der Waals surface area contributed by atoms with Gasteiger partial charge in [-0.2, -0.15) is 0 Å². The van der Waals surface area contributed by atoms with Crippen molar-refractivity contribution in [2.45, 2.75) is 63.5 Å². The van der Waals surface area contributed by atoms with Crippen LogP contribution in [0.4, 0.5) is 4.79 Å². The average molecular weight is 272 g/mol. The molecule has 1 rings (SSSR count). The normalized spacial score (nSPS) is 22.8. The third-order valence-electron chi connectivity index (χ3n) is 3.38. The van der Waals surface area contributed by atoms with Crippen LogP contribution in [0.3, 0.4) is 0 Å². The molecule has 0 bridgehead atoms. The van der Waals surface area contributed by atoms with E-state index in [0.717, 1.165) is 38.5 Å². The van der Waals surface area contributed by atoms with Gasteiger partial charge in [0.2, 0.25) is 0 Å². The first-order valence-electron chi connectivity index (χ1n) is 7.02. The van der Waals surface area contributed by atoms with Gasteiger partial charge in [0.05, 0.1) is 6.10 Å². The summed E-state index contributed by atoms with van der Waals surface area (Å²) in [7, 11) is 0. The monoisotopic (exact) mass is 272 g/mol. The average Bonchev–Trinajstić information content (AvgIpc) is 2.36. The van der Waals surface area contributed by atoms with Gasteiger partial charge in [-0.05, 0) is 38.5 Å². The van der Waals surface area contributed by atoms with Crippen LogP contribution in [0.2, 0.25) is 0 Å². The molecule has 110 valence electrons. The SMILES string of the molecule is O=C(O)CCCCCNC(=O)NC1CCC(O)CC1. The maximum Gasteiger partial charge on any atom is 0.315 e. The topological polar surface area (TPSA) is 98.7 Å². The fourth-order valence-corrected chi connectivity index (χ4v) is 2.24. The Morgan fingerprint density at radius 1 is 1.05 bits per heavy atom. The molecule has 0 aromatic carbocycles. The van der Waals surface area contributed by atoms with Crippen molar-refractivity contribution in [2.75, 3.05) is 6.54 Å². The molecule has 1 fully saturated rings. The van der Waals surface area contributed by atoms with E-state index < -0.39 is 5.97 Å².